The molecule has 0 spiro atoms. The molecule has 0 radical (unpaired) electrons. The lowest BCUT2D eigenvalue weighted by molar-refractivity contribution is -0.159. The Morgan fingerprint density at radius 1 is 0.475 bits per heavy atom. The molecule has 0 aliphatic carbocycles. The first-order valence-electron chi connectivity index (χ1n) is 12.9. The Labute approximate surface area is 235 Å². The summed E-state index contributed by atoms with van der Waals surface area (Å²) in [5.74, 6) is -1.46. The maximum absolute atomic E-state index is 13.7. The summed E-state index contributed by atoms with van der Waals surface area (Å²) in [7, 11) is 2.55. The van der Waals surface area contributed by atoms with Crippen molar-refractivity contribution in [3.05, 3.63) is 144 Å². The molecular weight excluding hydrogens is 500 g/mol. The zero-order valence-corrected chi connectivity index (χ0v) is 23.1. The van der Waals surface area contributed by atoms with Gasteiger partial charge >= 0.3 is 11.9 Å². The van der Waals surface area contributed by atoms with E-state index in [1.807, 2.05) is 121 Å². The van der Waals surface area contributed by atoms with Crippen molar-refractivity contribution in [2.45, 2.75) is 24.9 Å². The highest BCUT2D eigenvalue weighted by molar-refractivity contribution is 6.16. The van der Waals surface area contributed by atoms with Gasteiger partial charge in [0, 0.05) is 22.3 Å². The summed E-state index contributed by atoms with van der Waals surface area (Å²) in [6, 6.07) is 38.0. The zero-order chi connectivity index (χ0) is 28.6. The molecule has 0 aliphatic heterocycles. The number of hydrogen-bond donors (Lipinski definition) is 0. The van der Waals surface area contributed by atoms with Gasteiger partial charge in [-0.1, -0.05) is 121 Å². The second-order valence-electron chi connectivity index (χ2n) is 9.51. The Balaban J connectivity index is 2.07. The van der Waals surface area contributed by atoms with Crippen LogP contribution in [-0.2, 0) is 19.1 Å². The molecule has 4 aromatic carbocycles. The van der Waals surface area contributed by atoms with Gasteiger partial charge in [0.05, 0.1) is 25.6 Å². The number of carbonyl (C=O) groups excluding carboxylic acids is 2. The minimum atomic E-state index is -1.83. The normalized spacial score (nSPS) is 13.6. The van der Waals surface area contributed by atoms with Crippen LogP contribution in [0, 0.1) is 0 Å². The number of hydrogen-bond acceptors (Lipinski definition) is 6. The van der Waals surface area contributed by atoms with Crippen molar-refractivity contribution < 1.29 is 19.1 Å². The molecule has 0 fully saturated rings. The number of aliphatic imine (C=N–C) groups is 2. The Bertz CT molecular complexity index is 1300. The summed E-state index contributed by atoms with van der Waals surface area (Å²) in [5, 5.41) is 0. The Kier molecular flexibility index (Phi) is 8.70. The van der Waals surface area contributed by atoms with Crippen molar-refractivity contribution in [1.82, 2.24) is 0 Å². The van der Waals surface area contributed by atoms with Gasteiger partial charge in [0.25, 0.3) is 0 Å². The van der Waals surface area contributed by atoms with Gasteiger partial charge in [-0.2, -0.15) is 0 Å². The van der Waals surface area contributed by atoms with Crippen LogP contribution >= 0.6 is 0 Å². The summed E-state index contributed by atoms with van der Waals surface area (Å²) in [6.45, 7) is 3.14. The first kappa shape index (κ1) is 28.2. The van der Waals surface area contributed by atoms with Crippen LogP contribution in [0.1, 0.15) is 36.1 Å². The molecule has 0 heterocycles. The zero-order valence-electron chi connectivity index (χ0n) is 23.1. The van der Waals surface area contributed by atoms with E-state index in [-0.39, 0.29) is 0 Å². The molecule has 6 heteroatoms. The molecule has 0 aromatic heterocycles. The first-order chi connectivity index (χ1) is 19.3. The van der Waals surface area contributed by atoms with Crippen molar-refractivity contribution in [3.8, 4) is 0 Å². The smallest absolute Gasteiger partial charge is 0.336 e. The molecule has 0 saturated carbocycles. The summed E-state index contributed by atoms with van der Waals surface area (Å²) in [5.41, 5.74) is 0.450. The fraction of sp³-hybridized carbons (Fsp3) is 0.176. The molecule has 2 atom stereocenters. The largest absolute Gasteiger partial charge is 0.467 e. The molecule has 40 heavy (non-hydrogen) atoms. The van der Waals surface area contributed by atoms with Crippen molar-refractivity contribution in [2.75, 3.05) is 14.2 Å². The van der Waals surface area contributed by atoms with E-state index >= 15 is 0 Å². The van der Waals surface area contributed by atoms with Gasteiger partial charge in [0.15, 0.2) is 11.1 Å². The molecule has 202 valence electrons. The fourth-order valence-corrected chi connectivity index (χ4v) is 4.53. The van der Waals surface area contributed by atoms with Crippen LogP contribution in [0.3, 0.4) is 0 Å². The molecule has 4 rings (SSSR count). The molecule has 0 amide bonds. The lowest BCUT2D eigenvalue weighted by Gasteiger charge is -2.37. The van der Waals surface area contributed by atoms with Crippen LogP contribution in [0.25, 0.3) is 0 Å². The lowest BCUT2D eigenvalue weighted by atomic mass is 9.78. The summed E-state index contributed by atoms with van der Waals surface area (Å²) < 4.78 is 10.6. The van der Waals surface area contributed by atoms with E-state index < -0.39 is 23.0 Å². The number of carbonyl (C=O) groups is 2. The van der Waals surface area contributed by atoms with Crippen molar-refractivity contribution in [3.63, 3.8) is 0 Å². The first-order valence-corrected chi connectivity index (χ1v) is 12.9. The Morgan fingerprint density at radius 2 is 0.700 bits per heavy atom. The number of benzene rings is 4. The molecule has 0 bridgehead atoms. The Morgan fingerprint density at radius 3 is 0.900 bits per heavy atom. The minimum Gasteiger partial charge on any atom is -0.467 e. The summed E-state index contributed by atoms with van der Waals surface area (Å²) >= 11 is 0. The topological polar surface area (TPSA) is 77.3 Å². The molecule has 6 nitrogen and oxygen atoms in total. The van der Waals surface area contributed by atoms with E-state index in [4.69, 9.17) is 19.5 Å². The van der Waals surface area contributed by atoms with Gasteiger partial charge in [-0.25, -0.2) is 9.59 Å². The maximum atomic E-state index is 13.7. The summed E-state index contributed by atoms with van der Waals surface area (Å²) in [4.78, 5) is 37.6. The molecule has 2 unspecified atom stereocenters. The van der Waals surface area contributed by atoms with Gasteiger partial charge in [0.1, 0.15) is 0 Å². The average Bonchev–Trinajstić information content (AvgIpc) is 3.03. The second kappa shape index (κ2) is 12.3. The Hall–Kier alpha value is -4.84. The number of ether oxygens (including phenoxy) is 2. The number of methoxy groups -OCH3 is 2. The fourth-order valence-electron chi connectivity index (χ4n) is 4.53. The second-order valence-corrected chi connectivity index (χ2v) is 9.51. The van der Waals surface area contributed by atoms with Crippen molar-refractivity contribution >= 4 is 23.4 Å². The molecule has 0 saturated heterocycles. The maximum Gasteiger partial charge on any atom is 0.336 e. The third-order valence-corrected chi connectivity index (χ3v) is 6.97. The highest BCUT2D eigenvalue weighted by Crippen LogP contribution is 2.36. The van der Waals surface area contributed by atoms with E-state index in [0.29, 0.717) is 11.4 Å². The van der Waals surface area contributed by atoms with Crippen LogP contribution in [0.4, 0.5) is 0 Å². The quantitative estimate of drug-likeness (QED) is 0.198. The van der Waals surface area contributed by atoms with Crippen molar-refractivity contribution in [2.24, 2.45) is 9.98 Å². The predicted octanol–water partition coefficient (Wildman–Crippen LogP) is 5.93. The standard InChI is InChI=1S/C34H32N2O4/c1-33(31(37)39-3,35-29(25-17-9-5-10-18-25)26-19-11-6-12-20-26)34(2,32(38)40-4)36-30(27-21-13-7-14-22-27)28-23-15-8-16-24-28/h5-24H,1-4H3. The van der Waals surface area contributed by atoms with Crippen LogP contribution in [0.2, 0.25) is 0 Å². The van der Waals surface area contributed by atoms with E-state index in [0.717, 1.165) is 22.3 Å². The average molecular weight is 533 g/mol. The van der Waals surface area contributed by atoms with E-state index in [2.05, 4.69) is 0 Å². The van der Waals surface area contributed by atoms with Gasteiger partial charge in [-0.15, -0.1) is 0 Å². The molecule has 0 N–H and O–H groups in total. The van der Waals surface area contributed by atoms with Gasteiger partial charge in [-0.05, 0) is 13.8 Å². The highest BCUT2D eigenvalue weighted by Gasteiger charge is 2.58. The number of esters is 2. The van der Waals surface area contributed by atoms with Crippen LogP contribution in [0.5, 0.6) is 0 Å². The highest BCUT2D eigenvalue weighted by atomic mass is 16.5. The number of nitrogens with zero attached hydrogens (tertiary/aromatic N) is 2. The van der Waals surface area contributed by atoms with Gasteiger partial charge < -0.3 is 9.47 Å². The predicted molar refractivity (Wildman–Crippen MR) is 158 cm³/mol. The monoisotopic (exact) mass is 532 g/mol. The molecular formula is C34H32N2O4. The van der Waals surface area contributed by atoms with Gasteiger partial charge in [0.2, 0.25) is 0 Å². The van der Waals surface area contributed by atoms with Crippen LogP contribution in [-0.4, -0.2) is 48.7 Å². The van der Waals surface area contributed by atoms with Gasteiger partial charge in [-0.3, -0.25) is 9.98 Å². The SMILES string of the molecule is COC(=O)C(C)(N=C(c1ccccc1)c1ccccc1)C(C)(N=C(c1ccccc1)c1ccccc1)C(=O)OC. The van der Waals surface area contributed by atoms with E-state index in [1.54, 1.807) is 13.8 Å². The third-order valence-electron chi connectivity index (χ3n) is 6.97. The lowest BCUT2D eigenvalue weighted by Crippen LogP contribution is -2.59. The molecule has 4 aromatic rings. The van der Waals surface area contributed by atoms with E-state index in [1.165, 1.54) is 14.2 Å². The van der Waals surface area contributed by atoms with Crippen LogP contribution < -0.4 is 0 Å². The molecule has 0 aliphatic rings. The summed E-state index contributed by atoms with van der Waals surface area (Å²) in [6.07, 6.45) is 0. The number of rotatable bonds is 9. The van der Waals surface area contributed by atoms with Crippen LogP contribution in [0.15, 0.2) is 131 Å². The van der Waals surface area contributed by atoms with E-state index in [9.17, 15) is 9.59 Å². The van der Waals surface area contributed by atoms with Crippen molar-refractivity contribution in [1.29, 1.82) is 0 Å². The third kappa shape index (κ3) is 5.61. The minimum absolute atomic E-state index is 0.514.